The van der Waals surface area contributed by atoms with Crippen molar-refractivity contribution >= 4 is 39.8 Å². The number of nitrogens with zero attached hydrogens (tertiary/aromatic N) is 2. The second-order valence-corrected chi connectivity index (χ2v) is 7.46. The molecule has 0 radical (unpaired) electrons. The molecule has 0 saturated carbocycles. The highest BCUT2D eigenvalue weighted by Gasteiger charge is 2.14. The molecule has 28 heavy (non-hydrogen) atoms. The highest BCUT2D eigenvalue weighted by molar-refractivity contribution is 7.80. The largest absolute Gasteiger partial charge is 0.383 e. The van der Waals surface area contributed by atoms with Crippen molar-refractivity contribution in [1.82, 2.24) is 20.2 Å². The third-order valence-electron chi connectivity index (χ3n) is 4.66. The van der Waals surface area contributed by atoms with Crippen LogP contribution in [0.15, 0.2) is 42.6 Å². The van der Waals surface area contributed by atoms with E-state index in [0.29, 0.717) is 24.8 Å². The minimum Gasteiger partial charge on any atom is -0.383 e. The fourth-order valence-electron chi connectivity index (χ4n) is 3.23. The number of fused-ring (bicyclic) bond motifs is 1. The van der Waals surface area contributed by atoms with Gasteiger partial charge in [0.15, 0.2) is 5.11 Å². The molecule has 0 fully saturated rings. The molecule has 2 N–H and O–H groups in total. The maximum absolute atomic E-state index is 6.22. The monoisotopic (exact) mass is 416 g/mol. The minimum atomic E-state index is 0.609. The zero-order valence-electron chi connectivity index (χ0n) is 16.2. The number of halogens is 1. The Hall–Kier alpha value is -2.15. The molecular weight excluding hydrogens is 392 g/mol. The van der Waals surface area contributed by atoms with Crippen molar-refractivity contribution in [2.24, 2.45) is 0 Å². The van der Waals surface area contributed by atoms with Crippen LogP contribution in [0.2, 0.25) is 5.02 Å². The van der Waals surface area contributed by atoms with Gasteiger partial charge in [0, 0.05) is 48.0 Å². The first-order valence-corrected chi connectivity index (χ1v) is 10.1. The molecule has 7 heteroatoms. The van der Waals surface area contributed by atoms with Gasteiger partial charge in [-0.05, 0) is 61.5 Å². The van der Waals surface area contributed by atoms with Crippen LogP contribution in [-0.4, -0.2) is 46.8 Å². The van der Waals surface area contributed by atoms with Gasteiger partial charge in [-0.1, -0.05) is 17.7 Å². The number of thiocarbonyl (C=S) groups is 1. The van der Waals surface area contributed by atoms with Crippen molar-refractivity contribution < 1.29 is 4.74 Å². The smallest absolute Gasteiger partial charge is 0.169 e. The Kier molecular flexibility index (Phi) is 7.25. The number of ether oxygens (including phenoxy) is 1. The number of nitrogens with one attached hydrogen (secondary N) is 2. The molecular formula is C21H25ClN4OS. The Morgan fingerprint density at radius 2 is 2.18 bits per heavy atom. The first-order chi connectivity index (χ1) is 13.6. The zero-order valence-corrected chi connectivity index (χ0v) is 17.7. The van der Waals surface area contributed by atoms with Gasteiger partial charge in [0.2, 0.25) is 0 Å². The van der Waals surface area contributed by atoms with Crippen LogP contribution in [0.25, 0.3) is 10.9 Å². The number of aromatic nitrogens is 2. The lowest BCUT2D eigenvalue weighted by atomic mass is 10.1. The van der Waals surface area contributed by atoms with Crippen molar-refractivity contribution in [1.29, 1.82) is 0 Å². The van der Waals surface area contributed by atoms with E-state index in [2.05, 4.69) is 27.1 Å². The van der Waals surface area contributed by atoms with Gasteiger partial charge in [-0.2, -0.15) is 0 Å². The summed E-state index contributed by atoms with van der Waals surface area (Å²) in [5.74, 6) is 0. The summed E-state index contributed by atoms with van der Waals surface area (Å²) >= 11 is 11.9. The highest BCUT2D eigenvalue weighted by Crippen LogP contribution is 2.26. The van der Waals surface area contributed by atoms with Crippen LogP contribution in [0, 0.1) is 6.92 Å². The normalized spacial score (nSPS) is 11.0. The minimum absolute atomic E-state index is 0.609. The lowest BCUT2D eigenvalue weighted by Crippen LogP contribution is -2.41. The van der Waals surface area contributed by atoms with Crippen molar-refractivity contribution in [3.8, 4) is 0 Å². The van der Waals surface area contributed by atoms with Crippen LogP contribution in [0.4, 0.5) is 0 Å². The Morgan fingerprint density at radius 3 is 2.93 bits per heavy atom. The Balaban J connectivity index is 1.76. The van der Waals surface area contributed by atoms with Crippen molar-refractivity contribution in [2.45, 2.75) is 19.9 Å². The molecule has 0 aliphatic rings. The molecule has 0 amide bonds. The molecule has 0 unspecified atom stereocenters. The molecule has 3 aromatic rings. The van der Waals surface area contributed by atoms with E-state index < -0.39 is 0 Å². The summed E-state index contributed by atoms with van der Waals surface area (Å²) in [7, 11) is 1.68. The summed E-state index contributed by atoms with van der Waals surface area (Å²) < 4.78 is 5.11. The third-order valence-corrected chi connectivity index (χ3v) is 5.30. The number of rotatable bonds is 8. The Morgan fingerprint density at radius 1 is 1.32 bits per heavy atom. The Bertz CT molecular complexity index is 929. The van der Waals surface area contributed by atoms with Gasteiger partial charge >= 0.3 is 0 Å². The van der Waals surface area contributed by atoms with Gasteiger partial charge in [-0.3, -0.25) is 4.98 Å². The van der Waals surface area contributed by atoms with Gasteiger partial charge in [0.05, 0.1) is 18.8 Å². The van der Waals surface area contributed by atoms with E-state index >= 15 is 0 Å². The van der Waals surface area contributed by atoms with E-state index in [1.807, 2.05) is 36.4 Å². The molecule has 0 bridgehead atoms. The maximum Gasteiger partial charge on any atom is 0.169 e. The number of pyridine rings is 1. The van der Waals surface area contributed by atoms with Gasteiger partial charge < -0.3 is 19.9 Å². The summed E-state index contributed by atoms with van der Waals surface area (Å²) in [6.07, 6.45) is 2.66. The van der Waals surface area contributed by atoms with Crippen LogP contribution in [-0.2, 0) is 17.7 Å². The zero-order chi connectivity index (χ0) is 19.9. The second-order valence-electron chi connectivity index (χ2n) is 6.64. The second kappa shape index (κ2) is 9.87. The van der Waals surface area contributed by atoms with E-state index in [9.17, 15) is 0 Å². The van der Waals surface area contributed by atoms with Crippen LogP contribution in [0.5, 0.6) is 0 Å². The topological polar surface area (TPSA) is 53.2 Å². The standard InChI is InChI=1S/C21H25ClN4OS/c1-15-18(19-13-16(22)6-7-20(19)25-15)8-11-26(21(28)24-10-12-27-2)14-17-5-3-4-9-23-17/h3-7,9,13,25H,8,10-12,14H2,1-2H3,(H,24,28). The van der Waals surface area contributed by atoms with Crippen LogP contribution in [0.3, 0.4) is 0 Å². The number of benzene rings is 1. The number of hydrogen-bond acceptors (Lipinski definition) is 3. The fourth-order valence-corrected chi connectivity index (χ4v) is 3.66. The fraction of sp³-hybridized carbons (Fsp3) is 0.333. The maximum atomic E-state index is 6.22. The molecule has 0 atom stereocenters. The average molecular weight is 417 g/mol. The van der Waals surface area contributed by atoms with Crippen molar-refractivity contribution in [3.05, 3.63) is 64.6 Å². The van der Waals surface area contributed by atoms with Crippen molar-refractivity contribution in [2.75, 3.05) is 26.8 Å². The summed E-state index contributed by atoms with van der Waals surface area (Å²) in [5, 5.41) is 5.89. The van der Waals surface area contributed by atoms with E-state index in [-0.39, 0.29) is 0 Å². The number of hydrogen-bond donors (Lipinski definition) is 2. The Labute approximate surface area is 176 Å². The average Bonchev–Trinajstić information content (AvgIpc) is 3.00. The van der Waals surface area contributed by atoms with Crippen LogP contribution < -0.4 is 5.32 Å². The quantitative estimate of drug-likeness (QED) is 0.428. The molecule has 1 aromatic carbocycles. The van der Waals surface area contributed by atoms with E-state index in [4.69, 9.17) is 28.6 Å². The molecule has 0 aliphatic carbocycles. The van der Waals surface area contributed by atoms with Gasteiger partial charge in [-0.15, -0.1) is 0 Å². The van der Waals surface area contributed by atoms with Crippen LogP contribution in [0.1, 0.15) is 17.0 Å². The van der Waals surface area contributed by atoms with Crippen LogP contribution >= 0.6 is 23.8 Å². The molecule has 0 aliphatic heterocycles. The summed E-state index contributed by atoms with van der Waals surface area (Å²) in [4.78, 5) is 10.0. The number of methoxy groups -OCH3 is 1. The first-order valence-electron chi connectivity index (χ1n) is 9.27. The predicted molar refractivity (Wildman–Crippen MR) is 119 cm³/mol. The molecule has 2 heterocycles. The van der Waals surface area contributed by atoms with Gasteiger partial charge in [-0.25, -0.2) is 0 Å². The third kappa shape index (κ3) is 5.22. The predicted octanol–water partition coefficient (Wildman–Crippen LogP) is 4.09. The van der Waals surface area contributed by atoms with Crippen molar-refractivity contribution in [3.63, 3.8) is 0 Å². The molecule has 2 aromatic heterocycles. The summed E-state index contributed by atoms with van der Waals surface area (Å²) in [5.41, 5.74) is 4.52. The molecule has 0 saturated heterocycles. The number of aryl methyl sites for hydroxylation is 1. The molecule has 0 spiro atoms. The molecule has 148 valence electrons. The first kappa shape index (κ1) is 20.6. The number of H-pyrrole nitrogens is 1. The van der Waals surface area contributed by atoms with E-state index in [0.717, 1.165) is 34.9 Å². The van der Waals surface area contributed by atoms with Gasteiger partial charge in [0.25, 0.3) is 0 Å². The van der Waals surface area contributed by atoms with Gasteiger partial charge in [0.1, 0.15) is 0 Å². The summed E-state index contributed by atoms with van der Waals surface area (Å²) in [6.45, 7) is 4.81. The summed E-state index contributed by atoms with van der Waals surface area (Å²) in [6, 6.07) is 11.9. The van der Waals surface area contributed by atoms with E-state index in [1.54, 1.807) is 13.3 Å². The lowest BCUT2D eigenvalue weighted by molar-refractivity contribution is 0.203. The molecule has 5 nitrogen and oxygen atoms in total. The highest BCUT2D eigenvalue weighted by atomic mass is 35.5. The molecule has 3 rings (SSSR count). The SMILES string of the molecule is COCCNC(=S)N(CCc1c(C)[nH]c2ccc(Cl)cc12)Cc1ccccn1. The number of aromatic amines is 1. The lowest BCUT2D eigenvalue weighted by Gasteiger charge is -2.26. The van der Waals surface area contributed by atoms with E-state index in [1.165, 1.54) is 10.9 Å².